The number of amides is 1. The third-order valence-electron chi connectivity index (χ3n) is 9.07. The largest absolute Gasteiger partial charge is 0.489 e. The second-order valence-electron chi connectivity index (χ2n) is 11.6. The summed E-state index contributed by atoms with van der Waals surface area (Å²) in [6.45, 7) is 1.79. The third-order valence-corrected chi connectivity index (χ3v) is 14.2. The van der Waals surface area contributed by atoms with Gasteiger partial charge in [0, 0.05) is 46.7 Å². The van der Waals surface area contributed by atoms with Gasteiger partial charge < -0.3 is 9.64 Å². The van der Waals surface area contributed by atoms with E-state index in [-0.39, 0.29) is 24.0 Å². The fourth-order valence-corrected chi connectivity index (χ4v) is 11.1. The summed E-state index contributed by atoms with van der Waals surface area (Å²) in [4.78, 5) is 17.8. The molecule has 0 N–H and O–H groups in total. The van der Waals surface area contributed by atoms with Crippen molar-refractivity contribution in [2.45, 2.75) is 41.6 Å². The first-order valence-corrected chi connectivity index (χ1v) is 18.7. The van der Waals surface area contributed by atoms with Crippen molar-refractivity contribution in [1.82, 2.24) is 9.80 Å². The number of carbonyl (C=O) groups excluding carboxylic acids is 1. The van der Waals surface area contributed by atoms with Crippen LogP contribution in [0.4, 0.5) is 0 Å². The Labute approximate surface area is 263 Å². The summed E-state index contributed by atoms with van der Waals surface area (Å²) in [5, 5.41) is 1.03. The van der Waals surface area contributed by atoms with E-state index in [1.165, 1.54) is 0 Å². The standard InChI is InChI=1S/C32H34Cl2N2O5S2/c1-42(38)18-16-35(17-19-42)21-31(37)36-15-14-32(43(39,40)25-6-3-2-4-7-25)27-12-11-24(20-23(27)10-13-30(32)36)41-22-26-28(33)8-5-9-29(26)34/h2-9,11-12,20,30H,1,10,13-19,21-22H2. The highest BCUT2D eigenvalue weighted by Gasteiger charge is 2.60. The molecule has 228 valence electrons. The highest BCUT2D eigenvalue weighted by atomic mass is 35.5. The zero-order valence-corrected chi connectivity index (χ0v) is 26.9. The Morgan fingerprint density at radius 2 is 1.70 bits per heavy atom. The number of hydrogen-bond acceptors (Lipinski definition) is 6. The molecule has 1 aliphatic carbocycles. The molecule has 3 aromatic rings. The number of rotatable bonds is 7. The first-order valence-electron chi connectivity index (χ1n) is 14.3. The average Bonchev–Trinajstić information content (AvgIpc) is 3.40. The van der Waals surface area contributed by atoms with Crippen LogP contribution in [-0.4, -0.2) is 77.9 Å². The smallest absolute Gasteiger partial charge is 0.237 e. The normalized spacial score (nSPS) is 23.4. The second-order valence-corrected chi connectivity index (χ2v) is 17.3. The van der Waals surface area contributed by atoms with Gasteiger partial charge in [-0.05, 0) is 82.2 Å². The van der Waals surface area contributed by atoms with Crippen molar-refractivity contribution in [3.8, 4) is 5.75 Å². The molecule has 2 saturated heterocycles. The van der Waals surface area contributed by atoms with E-state index in [0.717, 1.165) is 11.1 Å². The molecular weight excluding hydrogens is 627 g/mol. The van der Waals surface area contributed by atoms with E-state index in [4.69, 9.17) is 27.9 Å². The van der Waals surface area contributed by atoms with Gasteiger partial charge in [-0.25, -0.2) is 8.42 Å². The van der Waals surface area contributed by atoms with Crippen LogP contribution in [0.15, 0.2) is 71.6 Å². The molecule has 3 aromatic carbocycles. The minimum atomic E-state index is -3.90. The average molecular weight is 662 g/mol. The topological polar surface area (TPSA) is 84.0 Å². The van der Waals surface area contributed by atoms with Crippen molar-refractivity contribution in [2.75, 3.05) is 37.7 Å². The highest BCUT2D eigenvalue weighted by Crippen LogP contribution is 2.53. The molecule has 1 amide bonds. The van der Waals surface area contributed by atoms with E-state index in [1.54, 1.807) is 59.5 Å². The molecule has 2 heterocycles. The molecule has 0 radical (unpaired) electrons. The van der Waals surface area contributed by atoms with Crippen molar-refractivity contribution in [3.63, 3.8) is 0 Å². The van der Waals surface area contributed by atoms with Gasteiger partial charge in [-0.3, -0.25) is 13.9 Å². The van der Waals surface area contributed by atoms with Crippen LogP contribution in [0, 0.1) is 0 Å². The highest BCUT2D eigenvalue weighted by molar-refractivity contribution is 8.00. The first-order chi connectivity index (χ1) is 20.5. The molecule has 2 fully saturated rings. The maximum Gasteiger partial charge on any atom is 0.237 e. The number of benzene rings is 3. The van der Waals surface area contributed by atoms with Gasteiger partial charge in [-0.2, -0.15) is 0 Å². The molecule has 2 atom stereocenters. The predicted molar refractivity (Wildman–Crippen MR) is 172 cm³/mol. The number of sulfone groups is 1. The molecule has 3 aliphatic rings. The van der Waals surface area contributed by atoms with E-state index in [9.17, 15) is 17.4 Å². The monoisotopic (exact) mass is 660 g/mol. The van der Waals surface area contributed by atoms with Gasteiger partial charge in [0.1, 0.15) is 17.1 Å². The molecule has 43 heavy (non-hydrogen) atoms. The van der Waals surface area contributed by atoms with Crippen LogP contribution in [0.1, 0.15) is 29.5 Å². The molecule has 2 unspecified atom stereocenters. The first kappa shape index (κ1) is 30.5. The number of halogens is 2. The molecule has 0 saturated carbocycles. The van der Waals surface area contributed by atoms with E-state index in [1.807, 2.05) is 17.0 Å². The maximum absolute atomic E-state index is 14.6. The van der Waals surface area contributed by atoms with Crippen molar-refractivity contribution in [2.24, 2.45) is 0 Å². The second kappa shape index (κ2) is 11.7. The molecule has 7 nitrogen and oxygen atoms in total. The molecule has 0 aromatic heterocycles. The summed E-state index contributed by atoms with van der Waals surface area (Å²) >= 11 is 12.7. The van der Waals surface area contributed by atoms with Crippen molar-refractivity contribution in [1.29, 1.82) is 0 Å². The number of likely N-dealkylation sites (tertiary alicyclic amines) is 1. The van der Waals surface area contributed by atoms with Crippen molar-refractivity contribution < 1.29 is 22.2 Å². The fourth-order valence-electron chi connectivity index (χ4n) is 6.77. The molecule has 6 rings (SSSR count). The Hall–Kier alpha value is -2.56. The lowest BCUT2D eigenvalue weighted by atomic mass is 9.78. The van der Waals surface area contributed by atoms with Crippen LogP contribution in [0.3, 0.4) is 0 Å². The summed E-state index contributed by atoms with van der Waals surface area (Å²) in [5.74, 6) is 5.26. The molecule has 0 bridgehead atoms. The number of aryl methyl sites for hydroxylation is 1. The minimum absolute atomic E-state index is 0.0902. The molecule has 11 heteroatoms. The van der Waals surface area contributed by atoms with Gasteiger partial charge in [0.2, 0.25) is 5.91 Å². The number of ether oxygens (including phenoxy) is 1. The van der Waals surface area contributed by atoms with Gasteiger partial charge in [-0.15, -0.1) is 0 Å². The van der Waals surface area contributed by atoms with Gasteiger partial charge in [0.25, 0.3) is 0 Å². The zero-order chi connectivity index (χ0) is 30.4. The summed E-state index contributed by atoms with van der Waals surface area (Å²) in [6.07, 6.45) is 1.42. The number of nitrogens with zero attached hydrogens (tertiary/aromatic N) is 2. The summed E-state index contributed by atoms with van der Waals surface area (Å²) in [6, 6.07) is 18.9. The van der Waals surface area contributed by atoms with Crippen molar-refractivity contribution >= 4 is 54.3 Å². The summed E-state index contributed by atoms with van der Waals surface area (Å²) < 4.78 is 46.3. The fraction of sp³-hybridized carbons (Fsp3) is 0.375. The van der Waals surface area contributed by atoms with E-state index < -0.39 is 30.1 Å². The quantitative estimate of drug-likeness (QED) is 0.338. The van der Waals surface area contributed by atoms with E-state index in [0.29, 0.717) is 71.8 Å². The molecule has 0 spiro atoms. The van der Waals surface area contributed by atoms with Crippen LogP contribution < -0.4 is 4.74 Å². The Morgan fingerprint density at radius 3 is 2.40 bits per heavy atom. The Kier molecular flexibility index (Phi) is 8.32. The van der Waals surface area contributed by atoms with Gasteiger partial charge in [0.15, 0.2) is 9.84 Å². The van der Waals surface area contributed by atoms with E-state index >= 15 is 0 Å². The number of fused-ring (bicyclic) bond motifs is 3. The SMILES string of the molecule is C=S1(=O)CCN(CC(=O)N2CCC3(S(=O)(=O)c4ccccc4)c4ccc(OCc5c(Cl)cccc5Cl)cc4CCC23)CC1. The Morgan fingerprint density at radius 1 is 1.00 bits per heavy atom. The van der Waals surface area contributed by atoms with Crippen LogP contribution in [0.2, 0.25) is 10.0 Å². The maximum atomic E-state index is 14.6. The predicted octanol–water partition coefficient (Wildman–Crippen LogP) is 4.82. The minimum Gasteiger partial charge on any atom is -0.489 e. The Bertz CT molecular complexity index is 1730. The molecular formula is C32H34Cl2N2O5S2. The van der Waals surface area contributed by atoms with Crippen LogP contribution in [0.5, 0.6) is 5.75 Å². The lowest BCUT2D eigenvalue weighted by Gasteiger charge is -2.43. The number of hydrogen-bond donors (Lipinski definition) is 0. The summed E-state index contributed by atoms with van der Waals surface area (Å²) in [5.41, 5.74) is 2.30. The van der Waals surface area contributed by atoms with Crippen LogP contribution >= 0.6 is 23.2 Å². The zero-order valence-electron chi connectivity index (χ0n) is 23.7. The van der Waals surface area contributed by atoms with Gasteiger partial charge in [0.05, 0.1) is 17.5 Å². The number of carbonyl (C=O) groups is 1. The summed E-state index contributed by atoms with van der Waals surface area (Å²) in [7, 11) is -5.98. The van der Waals surface area contributed by atoms with Gasteiger partial charge >= 0.3 is 0 Å². The van der Waals surface area contributed by atoms with Crippen molar-refractivity contribution in [3.05, 3.63) is 93.5 Å². The third kappa shape index (κ3) is 5.59. The lowest BCUT2D eigenvalue weighted by molar-refractivity contribution is -0.133. The lowest BCUT2D eigenvalue weighted by Crippen LogP contribution is -2.54. The van der Waals surface area contributed by atoms with Crippen LogP contribution in [-0.2, 0) is 41.9 Å². The molecule has 2 aliphatic heterocycles. The van der Waals surface area contributed by atoms with Crippen LogP contribution in [0.25, 0.3) is 0 Å². The van der Waals surface area contributed by atoms with E-state index in [2.05, 4.69) is 5.87 Å². The van der Waals surface area contributed by atoms with Gasteiger partial charge in [-0.1, -0.05) is 53.5 Å². The Balaban J connectivity index is 1.33.